The van der Waals surface area contributed by atoms with E-state index in [4.69, 9.17) is 16.3 Å². The first-order valence-corrected chi connectivity index (χ1v) is 8.13. The van der Waals surface area contributed by atoms with Gasteiger partial charge in [0.2, 0.25) is 0 Å². The van der Waals surface area contributed by atoms with Crippen LogP contribution >= 0.6 is 11.6 Å². The molecule has 1 aromatic heterocycles. The highest BCUT2D eigenvalue weighted by Gasteiger charge is 2.16. The van der Waals surface area contributed by atoms with Gasteiger partial charge in [-0.3, -0.25) is 0 Å². The zero-order valence-corrected chi connectivity index (χ0v) is 12.8. The molecule has 1 saturated carbocycles. The molecule has 0 spiro atoms. The lowest BCUT2D eigenvalue weighted by Gasteiger charge is -2.13. The van der Waals surface area contributed by atoms with Crippen LogP contribution in [0.4, 0.5) is 4.39 Å². The van der Waals surface area contributed by atoms with Crippen LogP contribution in [0.1, 0.15) is 31.5 Å². The number of aryl methyl sites for hydroxylation is 1. The fourth-order valence-electron chi connectivity index (χ4n) is 3.04. The van der Waals surface area contributed by atoms with Crippen LogP contribution in [0.2, 0.25) is 0 Å². The van der Waals surface area contributed by atoms with Gasteiger partial charge in [-0.2, -0.15) is 0 Å². The molecule has 0 atom stereocenters. The van der Waals surface area contributed by atoms with Crippen molar-refractivity contribution < 1.29 is 9.13 Å². The lowest BCUT2D eigenvalue weighted by molar-refractivity contribution is 0.0531. The summed E-state index contributed by atoms with van der Waals surface area (Å²) in [6, 6.07) is 4.70. The SMILES string of the molecule is Fc1ccc2nc(CCCl)n(CCOC3CCCC3)c2c1. The highest BCUT2D eigenvalue weighted by Crippen LogP contribution is 2.22. The number of imidazole rings is 1. The molecule has 3 nitrogen and oxygen atoms in total. The summed E-state index contributed by atoms with van der Waals surface area (Å²) >= 11 is 5.85. The van der Waals surface area contributed by atoms with Gasteiger partial charge >= 0.3 is 0 Å². The lowest BCUT2D eigenvalue weighted by atomic mass is 10.3. The molecule has 1 aromatic carbocycles. The molecule has 1 heterocycles. The quantitative estimate of drug-likeness (QED) is 0.756. The second kappa shape index (κ2) is 6.75. The third kappa shape index (κ3) is 3.38. The van der Waals surface area contributed by atoms with Crippen LogP contribution in [-0.2, 0) is 17.7 Å². The molecule has 0 radical (unpaired) electrons. The Hall–Kier alpha value is -1.13. The number of halogens is 2. The fraction of sp³-hybridized carbons (Fsp3) is 0.562. The van der Waals surface area contributed by atoms with Crippen LogP contribution in [0.15, 0.2) is 18.2 Å². The topological polar surface area (TPSA) is 27.1 Å². The molecule has 0 saturated heterocycles. The minimum absolute atomic E-state index is 0.238. The number of aromatic nitrogens is 2. The molecular formula is C16H20ClFN2O. The van der Waals surface area contributed by atoms with Crippen molar-refractivity contribution in [1.29, 1.82) is 0 Å². The minimum atomic E-state index is -0.238. The number of ether oxygens (including phenoxy) is 1. The number of hydrogen-bond acceptors (Lipinski definition) is 2. The van der Waals surface area contributed by atoms with Gasteiger partial charge in [0.1, 0.15) is 11.6 Å². The zero-order chi connectivity index (χ0) is 14.7. The summed E-state index contributed by atoms with van der Waals surface area (Å²) in [6.45, 7) is 1.34. The average molecular weight is 311 g/mol. The van der Waals surface area contributed by atoms with E-state index in [1.54, 1.807) is 6.07 Å². The molecule has 0 N–H and O–H groups in total. The van der Waals surface area contributed by atoms with Crippen molar-refractivity contribution in [3.05, 3.63) is 29.8 Å². The van der Waals surface area contributed by atoms with Gasteiger partial charge in [0.05, 0.1) is 23.7 Å². The van der Waals surface area contributed by atoms with E-state index < -0.39 is 0 Å². The second-order valence-corrected chi connectivity index (χ2v) is 5.91. The van der Waals surface area contributed by atoms with E-state index in [2.05, 4.69) is 4.98 Å². The Balaban J connectivity index is 1.77. The lowest BCUT2D eigenvalue weighted by Crippen LogP contribution is -2.15. The average Bonchev–Trinajstić information content (AvgIpc) is 3.08. The van der Waals surface area contributed by atoms with E-state index in [9.17, 15) is 4.39 Å². The zero-order valence-electron chi connectivity index (χ0n) is 12.0. The number of fused-ring (bicyclic) bond motifs is 1. The summed E-state index contributed by atoms with van der Waals surface area (Å²) < 4.78 is 21.4. The Labute approximate surface area is 129 Å². The van der Waals surface area contributed by atoms with Gasteiger partial charge in [-0.25, -0.2) is 9.37 Å². The van der Waals surface area contributed by atoms with Crippen molar-refractivity contribution in [3.63, 3.8) is 0 Å². The van der Waals surface area contributed by atoms with Gasteiger partial charge in [0.15, 0.2) is 0 Å². The molecule has 0 aliphatic heterocycles. The maximum Gasteiger partial charge on any atom is 0.125 e. The predicted octanol–water partition coefficient (Wildman–Crippen LogP) is 3.92. The number of benzene rings is 1. The van der Waals surface area contributed by atoms with E-state index in [0.717, 1.165) is 29.7 Å². The van der Waals surface area contributed by atoms with Gasteiger partial charge in [-0.1, -0.05) is 12.8 Å². The van der Waals surface area contributed by atoms with Gasteiger partial charge in [-0.05, 0) is 31.0 Å². The minimum Gasteiger partial charge on any atom is -0.376 e. The van der Waals surface area contributed by atoms with Gasteiger partial charge in [-0.15, -0.1) is 11.6 Å². The maximum absolute atomic E-state index is 13.5. The molecule has 21 heavy (non-hydrogen) atoms. The summed E-state index contributed by atoms with van der Waals surface area (Å²) in [7, 11) is 0. The van der Waals surface area contributed by atoms with Crippen molar-refractivity contribution in [2.45, 2.75) is 44.8 Å². The predicted molar refractivity (Wildman–Crippen MR) is 82.3 cm³/mol. The maximum atomic E-state index is 13.5. The van der Waals surface area contributed by atoms with Crippen molar-refractivity contribution >= 4 is 22.6 Å². The Bertz CT molecular complexity index is 608. The summed E-state index contributed by atoms with van der Waals surface area (Å²) in [4.78, 5) is 4.55. The Morgan fingerprint density at radius 1 is 1.33 bits per heavy atom. The van der Waals surface area contributed by atoms with Crippen LogP contribution in [0.3, 0.4) is 0 Å². The van der Waals surface area contributed by atoms with Crippen molar-refractivity contribution in [3.8, 4) is 0 Å². The Morgan fingerprint density at radius 2 is 2.14 bits per heavy atom. The summed E-state index contributed by atoms with van der Waals surface area (Å²) in [6.07, 6.45) is 5.93. The second-order valence-electron chi connectivity index (χ2n) is 5.53. The van der Waals surface area contributed by atoms with Crippen molar-refractivity contribution in [1.82, 2.24) is 9.55 Å². The van der Waals surface area contributed by atoms with Crippen LogP contribution in [-0.4, -0.2) is 28.1 Å². The highest BCUT2D eigenvalue weighted by molar-refractivity contribution is 6.17. The number of nitrogens with zero attached hydrogens (tertiary/aromatic N) is 2. The summed E-state index contributed by atoms with van der Waals surface area (Å²) in [5.74, 6) is 1.17. The molecule has 1 fully saturated rings. The fourth-order valence-corrected chi connectivity index (χ4v) is 3.21. The molecule has 0 unspecified atom stereocenters. The number of rotatable bonds is 6. The van der Waals surface area contributed by atoms with E-state index in [1.807, 2.05) is 4.57 Å². The first kappa shape index (κ1) is 14.8. The third-order valence-electron chi connectivity index (χ3n) is 4.08. The molecule has 1 aliphatic rings. The standard InChI is InChI=1S/C16H20ClFN2O/c17-8-7-16-19-14-6-5-12(18)11-15(14)20(16)9-10-21-13-3-1-2-4-13/h5-6,11,13H,1-4,7-10H2. The summed E-state index contributed by atoms with van der Waals surface area (Å²) in [5.41, 5.74) is 1.64. The third-order valence-corrected chi connectivity index (χ3v) is 4.27. The van der Waals surface area contributed by atoms with Gasteiger partial charge in [0, 0.05) is 18.8 Å². The van der Waals surface area contributed by atoms with Crippen LogP contribution in [0.25, 0.3) is 11.0 Å². The van der Waals surface area contributed by atoms with Crippen LogP contribution < -0.4 is 0 Å². The molecule has 5 heteroatoms. The van der Waals surface area contributed by atoms with E-state index >= 15 is 0 Å². The Morgan fingerprint density at radius 3 is 2.90 bits per heavy atom. The Kier molecular flexibility index (Phi) is 4.76. The van der Waals surface area contributed by atoms with E-state index in [0.29, 0.717) is 31.6 Å². The molecule has 0 amide bonds. The van der Waals surface area contributed by atoms with E-state index in [1.165, 1.54) is 25.0 Å². The molecule has 3 rings (SSSR count). The first-order chi connectivity index (χ1) is 10.3. The number of hydrogen-bond donors (Lipinski definition) is 0. The van der Waals surface area contributed by atoms with E-state index in [-0.39, 0.29) is 5.82 Å². The largest absolute Gasteiger partial charge is 0.376 e. The van der Waals surface area contributed by atoms with Gasteiger partial charge in [0.25, 0.3) is 0 Å². The smallest absolute Gasteiger partial charge is 0.125 e. The summed E-state index contributed by atoms with van der Waals surface area (Å²) in [5, 5.41) is 0. The highest BCUT2D eigenvalue weighted by atomic mass is 35.5. The normalized spacial score (nSPS) is 16.1. The van der Waals surface area contributed by atoms with Crippen molar-refractivity contribution in [2.24, 2.45) is 0 Å². The van der Waals surface area contributed by atoms with Crippen LogP contribution in [0.5, 0.6) is 0 Å². The molecule has 1 aliphatic carbocycles. The molecule has 114 valence electrons. The first-order valence-electron chi connectivity index (χ1n) is 7.60. The van der Waals surface area contributed by atoms with Crippen molar-refractivity contribution in [2.75, 3.05) is 12.5 Å². The van der Waals surface area contributed by atoms with Gasteiger partial charge < -0.3 is 9.30 Å². The molecular weight excluding hydrogens is 291 g/mol. The molecule has 2 aromatic rings. The monoisotopic (exact) mass is 310 g/mol. The molecule has 0 bridgehead atoms. The number of alkyl halides is 1. The van der Waals surface area contributed by atoms with Crippen LogP contribution in [0, 0.1) is 5.82 Å².